The van der Waals surface area contributed by atoms with Crippen LogP contribution in [0.15, 0.2) is 54.6 Å². The lowest BCUT2D eigenvalue weighted by atomic mass is 9.63. The minimum Gasteiger partial charge on any atom is -0.324 e. The van der Waals surface area contributed by atoms with E-state index in [2.05, 4.69) is 17.5 Å². The molecule has 4 aliphatic carbocycles. The molecular weight excluding hydrogens is 364 g/mol. The molecule has 2 bridgehead atoms. The SMILES string of the molecule is C[C@H](C(=O)Nc1cccc2ccccc12)N1C(=O)[C@@H]2[C@H]3C=C[C@@H]([C@@H]4C[C@@H]34)[C@H]2C1=O. The zero-order valence-corrected chi connectivity index (χ0v) is 16.1. The Kier molecular flexibility index (Phi) is 3.38. The quantitative estimate of drug-likeness (QED) is 0.651. The van der Waals surface area contributed by atoms with Crippen molar-refractivity contribution in [3.05, 3.63) is 54.6 Å². The molecule has 0 radical (unpaired) electrons. The normalized spacial score (nSPS) is 34.9. The average molecular weight is 386 g/mol. The lowest BCUT2D eigenvalue weighted by Crippen LogP contribution is -2.46. The third-order valence-electron chi connectivity index (χ3n) is 7.51. The predicted octanol–water partition coefficient (Wildman–Crippen LogP) is 3.22. The molecule has 146 valence electrons. The van der Waals surface area contributed by atoms with Gasteiger partial charge in [-0.1, -0.05) is 48.6 Å². The van der Waals surface area contributed by atoms with E-state index in [1.807, 2.05) is 42.5 Å². The summed E-state index contributed by atoms with van der Waals surface area (Å²) in [6, 6.07) is 12.7. The van der Waals surface area contributed by atoms with Crippen LogP contribution in [0.5, 0.6) is 0 Å². The Morgan fingerprint density at radius 1 is 0.966 bits per heavy atom. The molecule has 3 amide bonds. The number of likely N-dealkylation sites (tertiary alicyclic amines) is 1. The summed E-state index contributed by atoms with van der Waals surface area (Å²) in [6.45, 7) is 1.66. The predicted molar refractivity (Wildman–Crippen MR) is 109 cm³/mol. The van der Waals surface area contributed by atoms with Gasteiger partial charge in [0.2, 0.25) is 17.7 Å². The molecule has 2 aromatic rings. The first-order valence-electron chi connectivity index (χ1n) is 10.4. The monoisotopic (exact) mass is 386 g/mol. The number of nitrogens with one attached hydrogen (secondary N) is 1. The number of nitrogens with zero attached hydrogens (tertiary/aromatic N) is 1. The molecule has 2 saturated carbocycles. The summed E-state index contributed by atoms with van der Waals surface area (Å²) in [5.74, 6) is 0.269. The van der Waals surface area contributed by atoms with Gasteiger partial charge in [0, 0.05) is 11.1 Å². The number of hydrogen-bond acceptors (Lipinski definition) is 3. The van der Waals surface area contributed by atoms with Crippen LogP contribution in [0.25, 0.3) is 10.8 Å². The molecule has 1 saturated heterocycles. The van der Waals surface area contributed by atoms with Crippen LogP contribution in [0.4, 0.5) is 5.69 Å². The van der Waals surface area contributed by atoms with Gasteiger partial charge in [-0.05, 0) is 48.5 Å². The number of allylic oxidation sites excluding steroid dienone is 2. The van der Waals surface area contributed by atoms with Crippen LogP contribution in [0.3, 0.4) is 0 Å². The van der Waals surface area contributed by atoms with Gasteiger partial charge in [-0.15, -0.1) is 0 Å². The Hall–Kier alpha value is -2.95. The van der Waals surface area contributed by atoms with Gasteiger partial charge in [0.1, 0.15) is 6.04 Å². The molecule has 5 heteroatoms. The summed E-state index contributed by atoms with van der Waals surface area (Å²) in [6.07, 6.45) is 5.43. The van der Waals surface area contributed by atoms with Crippen molar-refractivity contribution in [1.82, 2.24) is 4.90 Å². The zero-order valence-electron chi connectivity index (χ0n) is 16.1. The van der Waals surface area contributed by atoms with Crippen molar-refractivity contribution in [3.63, 3.8) is 0 Å². The van der Waals surface area contributed by atoms with E-state index in [0.717, 1.165) is 17.2 Å². The summed E-state index contributed by atoms with van der Waals surface area (Å²) in [7, 11) is 0. The van der Waals surface area contributed by atoms with Crippen LogP contribution in [-0.2, 0) is 14.4 Å². The maximum atomic E-state index is 13.2. The van der Waals surface area contributed by atoms with Crippen LogP contribution < -0.4 is 5.32 Å². The van der Waals surface area contributed by atoms with Crippen LogP contribution >= 0.6 is 0 Å². The van der Waals surface area contributed by atoms with E-state index in [1.165, 1.54) is 4.90 Å². The molecule has 0 unspecified atom stereocenters. The van der Waals surface area contributed by atoms with Crippen LogP contribution in [0, 0.1) is 35.5 Å². The highest BCUT2D eigenvalue weighted by Crippen LogP contribution is 2.65. The molecule has 1 N–H and O–H groups in total. The van der Waals surface area contributed by atoms with Crippen LogP contribution in [0.1, 0.15) is 13.3 Å². The molecule has 5 nitrogen and oxygen atoms in total. The van der Waals surface area contributed by atoms with Crippen molar-refractivity contribution in [1.29, 1.82) is 0 Å². The molecule has 5 aliphatic rings. The Morgan fingerprint density at radius 2 is 1.59 bits per heavy atom. The summed E-state index contributed by atoms with van der Waals surface area (Å²) >= 11 is 0. The Bertz CT molecular complexity index is 1070. The molecule has 3 fully saturated rings. The first-order chi connectivity index (χ1) is 14.1. The van der Waals surface area contributed by atoms with E-state index < -0.39 is 6.04 Å². The number of rotatable bonds is 3. The van der Waals surface area contributed by atoms with E-state index in [9.17, 15) is 14.4 Å². The van der Waals surface area contributed by atoms with Gasteiger partial charge < -0.3 is 5.32 Å². The number of anilines is 1. The summed E-state index contributed by atoms with van der Waals surface area (Å²) < 4.78 is 0. The van der Waals surface area contributed by atoms with E-state index >= 15 is 0 Å². The van der Waals surface area contributed by atoms with Crippen molar-refractivity contribution in [2.75, 3.05) is 5.32 Å². The van der Waals surface area contributed by atoms with E-state index in [4.69, 9.17) is 0 Å². The number of hydrogen-bond donors (Lipinski definition) is 1. The lowest BCUT2D eigenvalue weighted by Gasteiger charge is -2.37. The lowest BCUT2D eigenvalue weighted by molar-refractivity contribution is -0.146. The highest BCUT2D eigenvalue weighted by molar-refractivity contribution is 6.11. The smallest absolute Gasteiger partial charge is 0.247 e. The maximum Gasteiger partial charge on any atom is 0.247 e. The molecule has 29 heavy (non-hydrogen) atoms. The fourth-order valence-corrected chi connectivity index (χ4v) is 6.05. The maximum absolute atomic E-state index is 13.2. The second-order valence-electron chi connectivity index (χ2n) is 8.89. The highest BCUT2D eigenvalue weighted by Gasteiger charge is 2.67. The van der Waals surface area contributed by atoms with E-state index in [-0.39, 0.29) is 41.4 Å². The fraction of sp³-hybridized carbons (Fsp3) is 0.375. The molecule has 2 aromatic carbocycles. The Morgan fingerprint density at radius 3 is 2.28 bits per heavy atom. The van der Waals surface area contributed by atoms with Crippen LogP contribution in [-0.4, -0.2) is 28.7 Å². The third kappa shape index (κ3) is 2.24. The first-order valence-corrected chi connectivity index (χ1v) is 10.4. The fourth-order valence-electron chi connectivity index (χ4n) is 6.05. The van der Waals surface area contributed by atoms with Gasteiger partial charge >= 0.3 is 0 Å². The third-order valence-corrected chi connectivity index (χ3v) is 7.51. The second kappa shape index (κ2) is 5.78. The molecule has 1 heterocycles. The molecule has 0 aromatic heterocycles. The number of carbonyl (C=O) groups is 3. The molecule has 0 spiro atoms. The van der Waals surface area contributed by atoms with Gasteiger partial charge in [-0.3, -0.25) is 19.3 Å². The van der Waals surface area contributed by atoms with Gasteiger partial charge in [-0.25, -0.2) is 0 Å². The van der Waals surface area contributed by atoms with Gasteiger partial charge in [-0.2, -0.15) is 0 Å². The number of amides is 3. The summed E-state index contributed by atoms with van der Waals surface area (Å²) in [4.78, 5) is 40.7. The van der Waals surface area contributed by atoms with Crippen molar-refractivity contribution in [3.8, 4) is 0 Å². The molecule has 7 atom stereocenters. The average Bonchev–Trinajstić information content (AvgIpc) is 3.51. The number of imide groups is 1. The molecule has 1 aliphatic heterocycles. The van der Waals surface area contributed by atoms with Crippen molar-refractivity contribution in [2.24, 2.45) is 35.5 Å². The van der Waals surface area contributed by atoms with Gasteiger partial charge in [0.05, 0.1) is 11.8 Å². The van der Waals surface area contributed by atoms with E-state index in [1.54, 1.807) is 6.92 Å². The zero-order chi connectivity index (χ0) is 19.9. The number of carbonyl (C=O) groups excluding carboxylic acids is 3. The topological polar surface area (TPSA) is 66.5 Å². The first kappa shape index (κ1) is 17.0. The molecule has 7 rings (SSSR count). The van der Waals surface area contributed by atoms with Crippen LogP contribution in [0.2, 0.25) is 0 Å². The number of fused-ring (bicyclic) bond motifs is 1. The highest BCUT2D eigenvalue weighted by atomic mass is 16.2. The minimum absolute atomic E-state index is 0.162. The van der Waals surface area contributed by atoms with Crippen molar-refractivity contribution >= 4 is 34.2 Å². The Balaban J connectivity index is 1.27. The number of benzene rings is 2. The summed E-state index contributed by atoms with van der Waals surface area (Å²) in [5.41, 5.74) is 0.694. The van der Waals surface area contributed by atoms with Gasteiger partial charge in [0.15, 0.2) is 0 Å². The van der Waals surface area contributed by atoms with E-state index in [0.29, 0.717) is 17.5 Å². The standard InChI is InChI=1S/C24H22N2O3/c1-12(22(27)25-19-8-4-6-13-5-2-3-7-14(13)19)26-23(28)20-15-9-10-16(18-11-17(15)18)21(20)24(26)29/h2-10,12,15-18,20-21H,11H2,1H3,(H,25,27)/t12-,15+,16+,17+,18+,20-,21-/m1/s1. The molecular formula is C24H22N2O3. The second-order valence-corrected chi connectivity index (χ2v) is 8.89. The van der Waals surface area contributed by atoms with Crippen molar-refractivity contribution < 1.29 is 14.4 Å². The Labute approximate surface area is 168 Å². The van der Waals surface area contributed by atoms with Crippen molar-refractivity contribution in [2.45, 2.75) is 19.4 Å². The summed E-state index contributed by atoms with van der Waals surface area (Å²) in [5, 5.41) is 4.90. The largest absolute Gasteiger partial charge is 0.324 e. The van der Waals surface area contributed by atoms with Gasteiger partial charge in [0.25, 0.3) is 0 Å². The minimum atomic E-state index is -0.824.